The maximum atomic E-state index is 13.2. The summed E-state index contributed by atoms with van der Waals surface area (Å²) in [6.07, 6.45) is 0.137. The van der Waals surface area contributed by atoms with Crippen LogP contribution < -0.4 is 0 Å². The van der Waals surface area contributed by atoms with E-state index in [2.05, 4.69) is 0 Å². The number of nitrogens with zero attached hydrogens (tertiary/aromatic N) is 1. The number of nitriles is 1. The van der Waals surface area contributed by atoms with Crippen molar-refractivity contribution in [3.63, 3.8) is 0 Å². The smallest absolute Gasteiger partial charge is 0.127 e. The summed E-state index contributed by atoms with van der Waals surface area (Å²) < 4.78 is 13.2. The van der Waals surface area contributed by atoms with Gasteiger partial charge in [-0.1, -0.05) is 17.7 Å². The number of hydrogen-bond donors (Lipinski definition) is 1. The molecular formula is C10H9ClFNO. The molecule has 0 aliphatic rings. The van der Waals surface area contributed by atoms with Gasteiger partial charge in [-0.05, 0) is 18.6 Å². The second-order valence-corrected chi connectivity index (χ2v) is 3.32. The molecular weight excluding hydrogens is 205 g/mol. The molecule has 0 bridgehead atoms. The quantitative estimate of drug-likeness (QED) is 0.836. The molecule has 74 valence electrons. The third kappa shape index (κ3) is 2.44. The summed E-state index contributed by atoms with van der Waals surface area (Å²) in [4.78, 5) is 0. The predicted octanol–water partition coefficient (Wildman–Crippen LogP) is 2.15. The fraction of sp³-hybridized carbons (Fsp3) is 0.300. The first-order valence-electron chi connectivity index (χ1n) is 4.12. The van der Waals surface area contributed by atoms with E-state index in [9.17, 15) is 4.39 Å². The Bertz CT molecular complexity index is 341. The number of benzene rings is 1. The summed E-state index contributed by atoms with van der Waals surface area (Å²) in [5, 5.41) is 17.7. The first kappa shape index (κ1) is 11.0. The minimum atomic E-state index is -0.607. The van der Waals surface area contributed by atoms with E-state index in [4.69, 9.17) is 22.0 Å². The van der Waals surface area contributed by atoms with Crippen molar-refractivity contribution in [3.05, 3.63) is 34.6 Å². The van der Waals surface area contributed by atoms with E-state index >= 15 is 0 Å². The van der Waals surface area contributed by atoms with Gasteiger partial charge in [-0.3, -0.25) is 0 Å². The van der Waals surface area contributed by atoms with E-state index in [0.29, 0.717) is 5.02 Å². The lowest BCUT2D eigenvalue weighted by Gasteiger charge is -2.08. The Morgan fingerprint density at radius 3 is 2.79 bits per heavy atom. The van der Waals surface area contributed by atoms with Gasteiger partial charge >= 0.3 is 0 Å². The van der Waals surface area contributed by atoms with Crippen molar-refractivity contribution in [2.45, 2.75) is 6.42 Å². The molecule has 4 heteroatoms. The normalized spacial score (nSPS) is 12.1. The zero-order valence-corrected chi connectivity index (χ0v) is 8.13. The molecule has 0 aliphatic heterocycles. The maximum Gasteiger partial charge on any atom is 0.127 e. The molecule has 0 amide bonds. The number of aliphatic hydroxyl groups excluding tert-OH is 1. The Kier molecular flexibility index (Phi) is 3.87. The number of hydrogen-bond acceptors (Lipinski definition) is 2. The molecule has 1 rings (SSSR count). The van der Waals surface area contributed by atoms with Gasteiger partial charge in [0.15, 0.2) is 0 Å². The van der Waals surface area contributed by atoms with Crippen LogP contribution in [0.2, 0.25) is 5.02 Å². The van der Waals surface area contributed by atoms with E-state index in [1.807, 2.05) is 6.07 Å². The molecule has 0 aliphatic carbocycles. The Morgan fingerprint density at radius 1 is 1.57 bits per heavy atom. The van der Waals surface area contributed by atoms with Crippen molar-refractivity contribution in [2.75, 3.05) is 6.61 Å². The van der Waals surface area contributed by atoms with Crippen LogP contribution in [0.5, 0.6) is 0 Å². The number of halogens is 2. The standard InChI is InChI=1S/C10H9ClFNO/c11-9-2-1-3-10(12)8(9)4-7(5-13)6-14/h1-3,7,14H,4,6H2. The van der Waals surface area contributed by atoms with Gasteiger partial charge in [-0.25, -0.2) is 4.39 Å². The Balaban J connectivity index is 2.91. The van der Waals surface area contributed by atoms with Gasteiger partial charge in [0, 0.05) is 10.6 Å². The van der Waals surface area contributed by atoms with Crippen LogP contribution in [0.3, 0.4) is 0 Å². The second-order valence-electron chi connectivity index (χ2n) is 2.91. The zero-order chi connectivity index (χ0) is 10.6. The van der Waals surface area contributed by atoms with Gasteiger partial charge < -0.3 is 5.11 Å². The molecule has 1 atom stereocenters. The molecule has 14 heavy (non-hydrogen) atoms. The third-order valence-corrected chi connectivity index (χ3v) is 2.27. The summed E-state index contributed by atoms with van der Waals surface area (Å²) in [7, 11) is 0. The van der Waals surface area contributed by atoms with Gasteiger partial charge in [0.2, 0.25) is 0 Å². The lowest BCUT2D eigenvalue weighted by atomic mass is 10.0. The lowest BCUT2D eigenvalue weighted by Crippen LogP contribution is -2.08. The van der Waals surface area contributed by atoms with Crippen LogP contribution in [-0.2, 0) is 6.42 Å². The van der Waals surface area contributed by atoms with Crippen molar-refractivity contribution >= 4 is 11.6 Å². The maximum absolute atomic E-state index is 13.2. The van der Waals surface area contributed by atoms with Gasteiger partial charge in [-0.15, -0.1) is 0 Å². The molecule has 0 saturated carbocycles. The fourth-order valence-electron chi connectivity index (χ4n) is 1.12. The van der Waals surface area contributed by atoms with Gasteiger partial charge in [-0.2, -0.15) is 5.26 Å². The minimum absolute atomic E-state index is 0.137. The zero-order valence-electron chi connectivity index (χ0n) is 7.37. The van der Waals surface area contributed by atoms with Crippen LogP contribution in [0.15, 0.2) is 18.2 Å². The Labute approximate surface area is 86.5 Å². The van der Waals surface area contributed by atoms with E-state index in [0.717, 1.165) is 0 Å². The van der Waals surface area contributed by atoms with Crippen molar-refractivity contribution in [2.24, 2.45) is 5.92 Å². The van der Waals surface area contributed by atoms with E-state index in [1.54, 1.807) is 6.07 Å². The SMILES string of the molecule is N#CC(CO)Cc1c(F)cccc1Cl. The molecule has 0 spiro atoms. The van der Waals surface area contributed by atoms with Crippen LogP contribution in [0.1, 0.15) is 5.56 Å². The molecule has 1 N–H and O–H groups in total. The highest BCUT2D eigenvalue weighted by Crippen LogP contribution is 2.21. The average Bonchev–Trinajstić information content (AvgIpc) is 2.18. The highest BCUT2D eigenvalue weighted by Gasteiger charge is 2.13. The third-order valence-electron chi connectivity index (χ3n) is 1.92. The Morgan fingerprint density at radius 2 is 2.29 bits per heavy atom. The van der Waals surface area contributed by atoms with Crippen molar-refractivity contribution in [1.82, 2.24) is 0 Å². The van der Waals surface area contributed by atoms with Gasteiger partial charge in [0.05, 0.1) is 18.6 Å². The minimum Gasteiger partial charge on any atom is -0.395 e. The van der Waals surface area contributed by atoms with Crippen LogP contribution in [0.4, 0.5) is 4.39 Å². The first-order chi connectivity index (χ1) is 6.69. The highest BCUT2D eigenvalue weighted by atomic mass is 35.5. The van der Waals surface area contributed by atoms with Crippen molar-refractivity contribution < 1.29 is 9.50 Å². The summed E-state index contributed by atoms with van der Waals surface area (Å²) in [6, 6.07) is 6.23. The number of aliphatic hydroxyl groups is 1. The van der Waals surface area contributed by atoms with Crippen molar-refractivity contribution in [1.29, 1.82) is 5.26 Å². The predicted molar refractivity (Wildman–Crippen MR) is 51.3 cm³/mol. The highest BCUT2D eigenvalue weighted by molar-refractivity contribution is 6.31. The molecule has 0 saturated heterocycles. The average molecular weight is 214 g/mol. The van der Waals surface area contributed by atoms with E-state index in [1.165, 1.54) is 12.1 Å². The largest absolute Gasteiger partial charge is 0.395 e. The summed E-state index contributed by atoms with van der Waals surface area (Å²) in [5.41, 5.74) is 0.287. The van der Waals surface area contributed by atoms with Crippen LogP contribution in [-0.4, -0.2) is 11.7 Å². The summed E-state index contributed by atoms with van der Waals surface area (Å²) in [5.74, 6) is -1.05. The number of rotatable bonds is 3. The summed E-state index contributed by atoms with van der Waals surface area (Å²) in [6.45, 7) is -0.291. The topological polar surface area (TPSA) is 44.0 Å². The fourth-order valence-corrected chi connectivity index (χ4v) is 1.36. The molecule has 0 heterocycles. The van der Waals surface area contributed by atoms with E-state index in [-0.39, 0.29) is 18.6 Å². The Hall–Kier alpha value is -1.11. The molecule has 0 radical (unpaired) electrons. The summed E-state index contributed by atoms with van der Waals surface area (Å²) >= 11 is 5.76. The van der Waals surface area contributed by atoms with Crippen LogP contribution >= 0.6 is 11.6 Å². The lowest BCUT2D eigenvalue weighted by molar-refractivity contribution is 0.255. The molecule has 1 aromatic rings. The van der Waals surface area contributed by atoms with Crippen LogP contribution in [0.25, 0.3) is 0 Å². The van der Waals surface area contributed by atoms with Gasteiger partial charge in [0.25, 0.3) is 0 Å². The second kappa shape index (κ2) is 4.94. The van der Waals surface area contributed by atoms with E-state index < -0.39 is 11.7 Å². The van der Waals surface area contributed by atoms with Crippen LogP contribution in [0, 0.1) is 23.1 Å². The monoisotopic (exact) mass is 213 g/mol. The first-order valence-corrected chi connectivity index (χ1v) is 4.50. The molecule has 2 nitrogen and oxygen atoms in total. The molecule has 1 unspecified atom stereocenters. The van der Waals surface area contributed by atoms with Crippen molar-refractivity contribution in [3.8, 4) is 6.07 Å². The van der Waals surface area contributed by atoms with Gasteiger partial charge in [0.1, 0.15) is 5.82 Å². The molecule has 0 aromatic heterocycles. The molecule has 0 fully saturated rings. The molecule has 1 aromatic carbocycles.